The predicted molar refractivity (Wildman–Crippen MR) is 76.4 cm³/mol. The molecule has 0 radical (unpaired) electrons. The number of hydrogen-bond acceptors (Lipinski definition) is 2. The molecule has 0 aliphatic carbocycles. The van der Waals surface area contributed by atoms with E-state index >= 15 is 0 Å². The van der Waals surface area contributed by atoms with Crippen LogP contribution in [-0.4, -0.2) is 12.5 Å². The molecule has 3 N–H and O–H groups in total. The second-order valence-electron chi connectivity index (χ2n) is 6.44. The molecule has 0 fully saturated rings. The van der Waals surface area contributed by atoms with Crippen molar-refractivity contribution in [3.05, 3.63) is 29.8 Å². The smallest absolute Gasteiger partial charge is 0.251 e. The Bertz CT molecular complexity index is 430. The van der Waals surface area contributed by atoms with Crippen molar-refractivity contribution in [1.82, 2.24) is 5.32 Å². The summed E-state index contributed by atoms with van der Waals surface area (Å²) in [5.41, 5.74) is 7.05. The molecule has 18 heavy (non-hydrogen) atoms. The Morgan fingerprint density at radius 1 is 1.22 bits per heavy atom. The molecule has 0 saturated carbocycles. The number of anilines is 1. The number of rotatable bonds is 3. The maximum absolute atomic E-state index is 12.0. The zero-order chi connectivity index (χ0) is 14.0. The first-order valence-electron chi connectivity index (χ1n) is 6.27. The summed E-state index contributed by atoms with van der Waals surface area (Å²) in [5.74, 6) is -0.0698. The van der Waals surface area contributed by atoms with E-state index in [1.165, 1.54) is 0 Å². The van der Waals surface area contributed by atoms with Crippen molar-refractivity contribution in [2.75, 3.05) is 12.3 Å². The summed E-state index contributed by atoms with van der Waals surface area (Å²) in [6, 6.07) is 7.03. The van der Waals surface area contributed by atoms with Crippen LogP contribution in [-0.2, 0) is 0 Å². The van der Waals surface area contributed by atoms with Crippen LogP contribution in [0.4, 0.5) is 5.69 Å². The van der Waals surface area contributed by atoms with E-state index in [4.69, 9.17) is 5.73 Å². The molecule has 0 heterocycles. The monoisotopic (exact) mass is 248 g/mol. The van der Waals surface area contributed by atoms with Gasteiger partial charge in [-0.1, -0.05) is 40.7 Å². The van der Waals surface area contributed by atoms with E-state index < -0.39 is 0 Å². The van der Waals surface area contributed by atoms with E-state index in [1.54, 1.807) is 24.3 Å². The number of benzene rings is 1. The number of nitrogens with one attached hydrogen (secondary N) is 1. The fourth-order valence-corrected chi connectivity index (χ4v) is 1.35. The summed E-state index contributed by atoms with van der Waals surface area (Å²) < 4.78 is 0. The standard InChI is InChI=1S/C15H24N2O/c1-14(2,3)15(4,5)10-17-13(18)11-7-6-8-12(16)9-11/h6-9H,10,16H2,1-5H3,(H,17,18). The maximum atomic E-state index is 12.0. The second-order valence-corrected chi connectivity index (χ2v) is 6.44. The van der Waals surface area contributed by atoms with Crippen LogP contribution < -0.4 is 11.1 Å². The Morgan fingerprint density at radius 2 is 1.83 bits per heavy atom. The van der Waals surface area contributed by atoms with Gasteiger partial charge in [0, 0.05) is 17.8 Å². The number of hydrogen-bond donors (Lipinski definition) is 2. The minimum absolute atomic E-state index is 0.0307. The van der Waals surface area contributed by atoms with Gasteiger partial charge in [0.05, 0.1) is 0 Å². The fraction of sp³-hybridized carbons (Fsp3) is 0.533. The lowest BCUT2D eigenvalue weighted by molar-refractivity contribution is 0.0867. The van der Waals surface area contributed by atoms with Crippen LogP contribution in [0.2, 0.25) is 0 Å². The van der Waals surface area contributed by atoms with Gasteiger partial charge in [-0.15, -0.1) is 0 Å². The average Bonchev–Trinajstić information content (AvgIpc) is 2.24. The normalized spacial score (nSPS) is 12.3. The van der Waals surface area contributed by atoms with Crippen molar-refractivity contribution in [2.24, 2.45) is 10.8 Å². The lowest BCUT2D eigenvalue weighted by atomic mass is 9.69. The quantitative estimate of drug-likeness (QED) is 0.808. The summed E-state index contributed by atoms with van der Waals surface area (Å²) in [5, 5.41) is 2.98. The zero-order valence-corrected chi connectivity index (χ0v) is 12.0. The molecule has 100 valence electrons. The number of carbonyl (C=O) groups excluding carboxylic acids is 1. The van der Waals surface area contributed by atoms with Crippen molar-refractivity contribution in [3.63, 3.8) is 0 Å². The summed E-state index contributed by atoms with van der Waals surface area (Å²) in [4.78, 5) is 12.0. The highest BCUT2D eigenvalue weighted by Gasteiger charge is 2.32. The molecular weight excluding hydrogens is 224 g/mol. The molecule has 1 rings (SSSR count). The van der Waals surface area contributed by atoms with Crippen LogP contribution in [0.25, 0.3) is 0 Å². The van der Waals surface area contributed by atoms with Crippen molar-refractivity contribution >= 4 is 11.6 Å². The van der Waals surface area contributed by atoms with E-state index in [-0.39, 0.29) is 16.7 Å². The molecule has 3 nitrogen and oxygen atoms in total. The molecule has 0 saturated heterocycles. The van der Waals surface area contributed by atoms with Crippen molar-refractivity contribution in [3.8, 4) is 0 Å². The Morgan fingerprint density at radius 3 is 2.33 bits per heavy atom. The van der Waals surface area contributed by atoms with Crippen molar-refractivity contribution in [1.29, 1.82) is 0 Å². The predicted octanol–water partition coefficient (Wildman–Crippen LogP) is 3.07. The lowest BCUT2D eigenvalue weighted by Gasteiger charge is -2.38. The highest BCUT2D eigenvalue weighted by atomic mass is 16.1. The number of nitrogens with two attached hydrogens (primary N) is 1. The summed E-state index contributed by atoms with van der Waals surface area (Å²) in [6.45, 7) is 11.5. The first-order valence-corrected chi connectivity index (χ1v) is 6.27. The van der Waals surface area contributed by atoms with Crippen LogP contribution in [0.3, 0.4) is 0 Å². The average molecular weight is 248 g/mol. The van der Waals surface area contributed by atoms with E-state index in [0.717, 1.165) is 0 Å². The molecule has 0 spiro atoms. The van der Waals surface area contributed by atoms with Crippen molar-refractivity contribution < 1.29 is 4.79 Å². The summed E-state index contributed by atoms with van der Waals surface area (Å²) >= 11 is 0. The molecule has 0 aliphatic heterocycles. The molecule has 0 bridgehead atoms. The van der Waals surface area contributed by atoms with Gasteiger partial charge < -0.3 is 11.1 Å². The van der Waals surface area contributed by atoms with Gasteiger partial charge in [-0.2, -0.15) is 0 Å². The number of amides is 1. The van der Waals surface area contributed by atoms with Gasteiger partial charge >= 0.3 is 0 Å². The first-order chi connectivity index (χ1) is 8.13. The van der Waals surface area contributed by atoms with E-state index in [1.807, 2.05) is 0 Å². The Balaban J connectivity index is 2.68. The van der Waals surface area contributed by atoms with E-state index in [2.05, 4.69) is 39.9 Å². The fourth-order valence-electron chi connectivity index (χ4n) is 1.35. The van der Waals surface area contributed by atoms with Gasteiger partial charge in [-0.25, -0.2) is 0 Å². The van der Waals surface area contributed by atoms with Gasteiger partial charge in [-0.05, 0) is 29.0 Å². The van der Waals surface area contributed by atoms with Crippen LogP contribution in [0.1, 0.15) is 45.0 Å². The Hall–Kier alpha value is -1.51. The van der Waals surface area contributed by atoms with Crippen molar-refractivity contribution in [2.45, 2.75) is 34.6 Å². The third kappa shape index (κ3) is 3.49. The summed E-state index contributed by atoms with van der Waals surface area (Å²) in [7, 11) is 0. The highest BCUT2D eigenvalue weighted by Crippen LogP contribution is 2.37. The Kier molecular flexibility index (Phi) is 4.05. The van der Waals surface area contributed by atoms with Gasteiger partial charge in [0.2, 0.25) is 0 Å². The molecule has 3 heteroatoms. The zero-order valence-electron chi connectivity index (χ0n) is 12.0. The second kappa shape index (κ2) is 5.01. The van der Waals surface area contributed by atoms with Gasteiger partial charge in [0.15, 0.2) is 0 Å². The largest absolute Gasteiger partial charge is 0.399 e. The maximum Gasteiger partial charge on any atom is 0.251 e. The third-order valence-electron chi connectivity index (χ3n) is 3.87. The molecule has 1 aromatic carbocycles. The molecule has 1 amide bonds. The summed E-state index contributed by atoms with van der Waals surface area (Å²) in [6.07, 6.45) is 0. The molecule has 0 unspecified atom stereocenters. The van der Waals surface area contributed by atoms with Gasteiger partial charge in [0.1, 0.15) is 0 Å². The van der Waals surface area contributed by atoms with Crippen LogP contribution in [0.15, 0.2) is 24.3 Å². The highest BCUT2D eigenvalue weighted by molar-refractivity contribution is 5.94. The molecular formula is C15H24N2O. The first kappa shape index (κ1) is 14.6. The van der Waals surface area contributed by atoms with Gasteiger partial charge in [0.25, 0.3) is 5.91 Å². The Labute approximate surface area is 110 Å². The van der Waals surface area contributed by atoms with E-state index in [9.17, 15) is 4.79 Å². The number of carbonyl (C=O) groups is 1. The van der Waals surface area contributed by atoms with Gasteiger partial charge in [-0.3, -0.25) is 4.79 Å². The lowest BCUT2D eigenvalue weighted by Crippen LogP contribution is -2.41. The molecule has 0 aromatic heterocycles. The topological polar surface area (TPSA) is 55.1 Å². The minimum Gasteiger partial charge on any atom is -0.399 e. The minimum atomic E-state index is -0.0698. The molecule has 1 aromatic rings. The van der Waals surface area contributed by atoms with Crippen LogP contribution in [0, 0.1) is 10.8 Å². The third-order valence-corrected chi connectivity index (χ3v) is 3.87. The number of nitrogen functional groups attached to an aromatic ring is 1. The SMILES string of the molecule is CC(C)(C)C(C)(C)CNC(=O)c1cccc(N)c1. The molecule has 0 aliphatic rings. The van der Waals surface area contributed by atoms with Crippen LogP contribution >= 0.6 is 0 Å². The molecule has 0 atom stereocenters. The van der Waals surface area contributed by atoms with Crippen LogP contribution in [0.5, 0.6) is 0 Å². The van der Waals surface area contributed by atoms with E-state index in [0.29, 0.717) is 17.8 Å².